The molecule has 0 aliphatic rings. The third-order valence-electron chi connectivity index (χ3n) is 2.77. The molecule has 0 bridgehead atoms. The number of hydrogen-bond donors (Lipinski definition) is 1. The zero-order valence-electron chi connectivity index (χ0n) is 11.3. The molecule has 0 radical (unpaired) electrons. The average Bonchev–Trinajstić information content (AvgIpc) is 2.72. The molecule has 102 valence electrons. The third kappa shape index (κ3) is 3.53. The Bertz CT molecular complexity index is 389. The van der Waals surface area contributed by atoms with Gasteiger partial charge in [-0.3, -0.25) is 0 Å². The van der Waals surface area contributed by atoms with E-state index in [9.17, 15) is 4.79 Å². The van der Waals surface area contributed by atoms with Gasteiger partial charge in [-0.1, -0.05) is 25.5 Å². The number of hydrogen-bond acceptors (Lipinski definition) is 5. The van der Waals surface area contributed by atoms with Crippen LogP contribution in [0.2, 0.25) is 0 Å². The first kappa shape index (κ1) is 14.6. The number of rotatable bonds is 7. The number of esters is 1. The number of nitrogens with two attached hydrogens (primary N) is 1. The summed E-state index contributed by atoms with van der Waals surface area (Å²) in [5, 5.41) is 7.88. The molecule has 0 aromatic carbocycles. The van der Waals surface area contributed by atoms with E-state index >= 15 is 0 Å². The maximum absolute atomic E-state index is 11.7. The van der Waals surface area contributed by atoms with E-state index < -0.39 is 5.97 Å². The Morgan fingerprint density at radius 3 is 2.78 bits per heavy atom. The van der Waals surface area contributed by atoms with Gasteiger partial charge in [-0.25, -0.2) is 9.48 Å². The summed E-state index contributed by atoms with van der Waals surface area (Å²) < 4.78 is 6.64. The number of ether oxygens (including phenoxy) is 1. The summed E-state index contributed by atoms with van der Waals surface area (Å²) in [5.41, 5.74) is 6.56. The molecule has 1 atom stereocenters. The molecule has 2 N–H and O–H groups in total. The summed E-state index contributed by atoms with van der Waals surface area (Å²) in [6.07, 6.45) is 2.23. The van der Waals surface area contributed by atoms with Crippen molar-refractivity contribution in [1.29, 1.82) is 0 Å². The summed E-state index contributed by atoms with van der Waals surface area (Å²) in [6, 6.07) is 0. The molecular weight excluding hydrogens is 232 g/mol. The SMILES string of the molecule is CCCC(C)Cn1nnc(C(=O)OCC)c1CN. The van der Waals surface area contributed by atoms with Crippen LogP contribution in [0.5, 0.6) is 0 Å². The van der Waals surface area contributed by atoms with E-state index in [0.29, 0.717) is 18.2 Å². The first-order chi connectivity index (χ1) is 8.63. The van der Waals surface area contributed by atoms with Crippen molar-refractivity contribution in [2.24, 2.45) is 11.7 Å². The predicted molar refractivity (Wildman–Crippen MR) is 67.9 cm³/mol. The Labute approximate surface area is 107 Å². The second kappa shape index (κ2) is 7.10. The number of carbonyl (C=O) groups excluding carboxylic acids is 1. The monoisotopic (exact) mass is 254 g/mol. The Morgan fingerprint density at radius 1 is 1.50 bits per heavy atom. The summed E-state index contributed by atoms with van der Waals surface area (Å²) in [5.74, 6) is 0.0318. The molecule has 18 heavy (non-hydrogen) atoms. The zero-order valence-corrected chi connectivity index (χ0v) is 11.3. The number of carbonyl (C=O) groups is 1. The van der Waals surface area contributed by atoms with E-state index in [0.717, 1.165) is 19.4 Å². The largest absolute Gasteiger partial charge is 0.461 e. The Morgan fingerprint density at radius 2 is 2.22 bits per heavy atom. The van der Waals surface area contributed by atoms with Gasteiger partial charge in [-0.05, 0) is 19.3 Å². The molecule has 6 nitrogen and oxygen atoms in total. The minimum Gasteiger partial charge on any atom is -0.461 e. The molecule has 1 aromatic heterocycles. The van der Waals surface area contributed by atoms with Gasteiger partial charge >= 0.3 is 5.97 Å². The van der Waals surface area contributed by atoms with Gasteiger partial charge in [0, 0.05) is 13.1 Å². The minimum atomic E-state index is -0.452. The second-order valence-corrected chi connectivity index (χ2v) is 4.39. The van der Waals surface area contributed by atoms with Crippen LogP contribution in [0.3, 0.4) is 0 Å². The summed E-state index contributed by atoms with van der Waals surface area (Å²) >= 11 is 0. The van der Waals surface area contributed by atoms with Gasteiger partial charge < -0.3 is 10.5 Å². The van der Waals surface area contributed by atoms with Crippen molar-refractivity contribution in [2.75, 3.05) is 6.61 Å². The molecule has 6 heteroatoms. The third-order valence-corrected chi connectivity index (χ3v) is 2.77. The average molecular weight is 254 g/mol. The highest BCUT2D eigenvalue weighted by molar-refractivity contribution is 5.88. The van der Waals surface area contributed by atoms with Crippen LogP contribution in [-0.2, 0) is 17.8 Å². The fourth-order valence-electron chi connectivity index (χ4n) is 1.92. The highest BCUT2D eigenvalue weighted by Crippen LogP contribution is 2.12. The molecule has 0 saturated heterocycles. The lowest BCUT2D eigenvalue weighted by atomic mass is 10.1. The molecule has 0 fully saturated rings. The molecular formula is C12H22N4O2. The van der Waals surface area contributed by atoms with Crippen LogP contribution in [-0.4, -0.2) is 27.6 Å². The van der Waals surface area contributed by atoms with Gasteiger partial charge in [0.15, 0.2) is 5.69 Å². The topological polar surface area (TPSA) is 83.0 Å². The molecule has 1 unspecified atom stereocenters. The van der Waals surface area contributed by atoms with Crippen LogP contribution >= 0.6 is 0 Å². The van der Waals surface area contributed by atoms with E-state index in [-0.39, 0.29) is 12.2 Å². The molecule has 0 aliphatic heterocycles. The van der Waals surface area contributed by atoms with E-state index in [1.165, 1.54) is 0 Å². The Hall–Kier alpha value is -1.43. The normalized spacial score (nSPS) is 12.4. The van der Waals surface area contributed by atoms with Gasteiger partial charge in [-0.2, -0.15) is 0 Å². The fraction of sp³-hybridized carbons (Fsp3) is 0.750. The zero-order chi connectivity index (χ0) is 13.5. The van der Waals surface area contributed by atoms with E-state index in [1.807, 2.05) is 0 Å². The Kier molecular flexibility index (Phi) is 5.77. The van der Waals surface area contributed by atoms with E-state index in [1.54, 1.807) is 11.6 Å². The molecule has 1 heterocycles. The molecule has 1 aromatic rings. The van der Waals surface area contributed by atoms with Crippen molar-refractivity contribution in [3.05, 3.63) is 11.4 Å². The van der Waals surface area contributed by atoms with Crippen molar-refractivity contribution in [3.63, 3.8) is 0 Å². The predicted octanol–water partition coefficient (Wildman–Crippen LogP) is 1.35. The first-order valence-corrected chi connectivity index (χ1v) is 6.43. The van der Waals surface area contributed by atoms with Crippen molar-refractivity contribution < 1.29 is 9.53 Å². The van der Waals surface area contributed by atoms with Crippen LogP contribution in [0.15, 0.2) is 0 Å². The van der Waals surface area contributed by atoms with Crippen LogP contribution in [0.4, 0.5) is 0 Å². The summed E-state index contributed by atoms with van der Waals surface area (Å²) in [7, 11) is 0. The molecule has 1 rings (SSSR count). The summed E-state index contributed by atoms with van der Waals surface area (Å²) in [4.78, 5) is 11.7. The standard InChI is InChI=1S/C12H22N4O2/c1-4-6-9(3)8-16-10(7-13)11(14-15-16)12(17)18-5-2/h9H,4-8,13H2,1-3H3. The van der Waals surface area contributed by atoms with Gasteiger partial charge in [0.1, 0.15) is 0 Å². The van der Waals surface area contributed by atoms with E-state index in [4.69, 9.17) is 10.5 Å². The quantitative estimate of drug-likeness (QED) is 0.743. The number of nitrogens with zero attached hydrogens (tertiary/aromatic N) is 3. The molecule has 0 spiro atoms. The molecule has 0 amide bonds. The second-order valence-electron chi connectivity index (χ2n) is 4.39. The molecule has 0 saturated carbocycles. The number of aromatic nitrogens is 3. The van der Waals surface area contributed by atoms with Crippen molar-refractivity contribution in [1.82, 2.24) is 15.0 Å². The van der Waals surface area contributed by atoms with Crippen molar-refractivity contribution in [3.8, 4) is 0 Å². The molecule has 0 aliphatic carbocycles. The van der Waals surface area contributed by atoms with Crippen LogP contribution in [0, 0.1) is 5.92 Å². The van der Waals surface area contributed by atoms with Crippen molar-refractivity contribution >= 4 is 5.97 Å². The lowest BCUT2D eigenvalue weighted by Gasteiger charge is -2.11. The smallest absolute Gasteiger partial charge is 0.360 e. The van der Waals surface area contributed by atoms with E-state index in [2.05, 4.69) is 24.2 Å². The fourth-order valence-corrected chi connectivity index (χ4v) is 1.92. The maximum atomic E-state index is 11.7. The summed E-state index contributed by atoms with van der Waals surface area (Å²) in [6.45, 7) is 7.34. The van der Waals surface area contributed by atoms with Crippen LogP contribution < -0.4 is 5.73 Å². The minimum absolute atomic E-state index is 0.236. The first-order valence-electron chi connectivity index (χ1n) is 6.43. The lowest BCUT2D eigenvalue weighted by Crippen LogP contribution is -2.17. The highest BCUT2D eigenvalue weighted by Gasteiger charge is 2.20. The van der Waals surface area contributed by atoms with Crippen LogP contribution in [0.25, 0.3) is 0 Å². The van der Waals surface area contributed by atoms with Gasteiger partial charge in [-0.15, -0.1) is 5.10 Å². The Balaban J connectivity index is 2.84. The lowest BCUT2D eigenvalue weighted by molar-refractivity contribution is 0.0518. The van der Waals surface area contributed by atoms with Gasteiger partial charge in [0.2, 0.25) is 0 Å². The van der Waals surface area contributed by atoms with Gasteiger partial charge in [0.05, 0.1) is 12.3 Å². The van der Waals surface area contributed by atoms with Crippen LogP contribution in [0.1, 0.15) is 49.8 Å². The maximum Gasteiger partial charge on any atom is 0.360 e. The highest BCUT2D eigenvalue weighted by atomic mass is 16.5. The van der Waals surface area contributed by atoms with Crippen molar-refractivity contribution in [2.45, 2.75) is 46.7 Å². The van der Waals surface area contributed by atoms with Gasteiger partial charge in [0.25, 0.3) is 0 Å².